The number of nitrogens with zero attached hydrogens (tertiary/aromatic N) is 1. The summed E-state index contributed by atoms with van der Waals surface area (Å²) in [6, 6.07) is 16.5. The van der Waals surface area contributed by atoms with Crippen molar-refractivity contribution in [2.45, 2.75) is 45.4 Å². The summed E-state index contributed by atoms with van der Waals surface area (Å²) in [6.07, 6.45) is 3.38. The van der Waals surface area contributed by atoms with Gasteiger partial charge in [0, 0.05) is 13.1 Å². The molecular weight excluding hydrogens is 354 g/mol. The number of carboxylic acid groups (broad SMARTS) is 1. The van der Waals surface area contributed by atoms with Gasteiger partial charge in [0.05, 0.1) is 19.6 Å². The molecule has 1 aliphatic heterocycles. The molecule has 0 aromatic heterocycles. The van der Waals surface area contributed by atoms with Gasteiger partial charge in [0.2, 0.25) is 0 Å². The van der Waals surface area contributed by atoms with Crippen LogP contribution in [0.1, 0.15) is 38.2 Å². The molecule has 0 amide bonds. The second-order valence-corrected chi connectivity index (χ2v) is 7.10. The third kappa shape index (κ3) is 5.81. The van der Waals surface area contributed by atoms with Gasteiger partial charge in [-0.25, -0.2) is 0 Å². The summed E-state index contributed by atoms with van der Waals surface area (Å²) in [5.74, 6) is 0.130. The number of hydrogen-bond donors (Lipinski definition) is 1. The van der Waals surface area contributed by atoms with E-state index in [0.717, 1.165) is 48.2 Å². The summed E-state index contributed by atoms with van der Waals surface area (Å²) in [5.41, 5.74) is 3.44. The smallest absolute Gasteiger partial charge is 0.304 e. The van der Waals surface area contributed by atoms with Crippen LogP contribution in [0.5, 0.6) is 5.75 Å². The Morgan fingerprint density at radius 1 is 1.07 bits per heavy atom. The quantitative estimate of drug-likeness (QED) is 0.688. The highest BCUT2D eigenvalue weighted by Crippen LogP contribution is 2.24. The lowest BCUT2D eigenvalue weighted by Crippen LogP contribution is -2.42. The van der Waals surface area contributed by atoms with Crippen LogP contribution >= 0.6 is 0 Å². The van der Waals surface area contributed by atoms with E-state index in [1.165, 1.54) is 0 Å². The fourth-order valence-corrected chi connectivity index (χ4v) is 3.54. The Morgan fingerprint density at radius 3 is 2.39 bits per heavy atom. The average Bonchev–Trinajstić information content (AvgIpc) is 2.72. The van der Waals surface area contributed by atoms with Crippen LogP contribution in [0.15, 0.2) is 48.5 Å². The molecule has 150 valence electrons. The zero-order valence-electron chi connectivity index (χ0n) is 16.5. The molecule has 1 unspecified atom stereocenters. The summed E-state index contributed by atoms with van der Waals surface area (Å²) in [4.78, 5) is 13.0. The SMILES string of the molecule is CCOc1ccc(-c2ccc(COC3CCCCN3CCC(=O)O)cc2)cc1. The van der Waals surface area contributed by atoms with Crippen molar-refractivity contribution in [1.29, 1.82) is 0 Å². The van der Waals surface area contributed by atoms with Crippen LogP contribution in [0.3, 0.4) is 0 Å². The maximum absolute atomic E-state index is 10.9. The van der Waals surface area contributed by atoms with Crippen LogP contribution in [0.4, 0.5) is 0 Å². The summed E-state index contributed by atoms with van der Waals surface area (Å²) in [7, 11) is 0. The molecule has 2 aromatic rings. The van der Waals surface area contributed by atoms with Crippen LogP contribution in [0.2, 0.25) is 0 Å². The number of carboxylic acids is 1. The first-order valence-corrected chi connectivity index (χ1v) is 10.1. The molecule has 1 N–H and O–H groups in total. The van der Waals surface area contributed by atoms with Crippen molar-refractivity contribution >= 4 is 5.97 Å². The molecule has 3 rings (SSSR count). The molecule has 1 aliphatic rings. The Balaban J connectivity index is 1.55. The van der Waals surface area contributed by atoms with E-state index in [1.54, 1.807) is 0 Å². The second kappa shape index (κ2) is 10.2. The van der Waals surface area contributed by atoms with E-state index in [4.69, 9.17) is 14.6 Å². The van der Waals surface area contributed by atoms with E-state index in [-0.39, 0.29) is 12.6 Å². The minimum atomic E-state index is -0.755. The summed E-state index contributed by atoms with van der Waals surface area (Å²) in [5, 5.41) is 8.93. The van der Waals surface area contributed by atoms with Gasteiger partial charge in [-0.3, -0.25) is 9.69 Å². The maximum atomic E-state index is 10.9. The number of hydrogen-bond acceptors (Lipinski definition) is 4. The van der Waals surface area contributed by atoms with E-state index in [2.05, 4.69) is 41.3 Å². The van der Waals surface area contributed by atoms with Crippen molar-refractivity contribution in [3.63, 3.8) is 0 Å². The first-order chi connectivity index (χ1) is 13.7. The standard InChI is InChI=1S/C23H29NO4/c1-2-27-21-12-10-20(11-13-21)19-8-6-18(7-9-19)17-28-22-5-3-4-15-24(22)16-14-23(25)26/h6-13,22H,2-5,14-17H2,1H3,(H,25,26). The Morgan fingerprint density at radius 2 is 1.75 bits per heavy atom. The van der Waals surface area contributed by atoms with Crippen LogP contribution in [0.25, 0.3) is 11.1 Å². The van der Waals surface area contributed by atoms with Crippen molar-refractivity contribution in [3.8, 4) is 16.9 Å². The fourth-order valence-electron chi connectivity index (χ4n) is 3.54. The molecule has 1 saturated heterocycles. The third-order valence-corrected chi connectivity index (χ3v) is 5.06. The zero-order valence-corrected chi connectivity index (χ0v) is 16.5. The van der Waals surface area contributed by atoms with Gasteiger partial charge in [-0.05, 0) is 55.0 Å². The highest BCUT2D eigenvalue weighted by Gasteiger charge is 2.23. The van der Waals surface area contributed by atoms with E-state index < -0.39 is 5.97 Å². The fraction of sp³-hybridized carbons (Fsp3) is 0.435. The van der Waals surface area contributed by atoms with Gasteiger partial charge in [0.1, 0.15) is 12.0 Å². The van der Waals surface area contributed by atoms with E-state index in [9.17, 15) is 4.79 Å². The second-order valence-electron chi connectivity index (χ2n) is 7.10. The first kappa shape index (κ1) is 20.4. The molecule has 0 saturated carbocycles. The molecule has 0 spiro atoms. The zero-order chi connectivity index (χ0) is 19.8. The minimum absolute atomic E-state index is 0.0129. The van der Waals surface area contributed by atoms with Crippen molar-refractivity contribution in [1.82, 2.24) is 4.90 Å². The Labute approximate surface area is 166 Å². The van der Waals surface area contributed by atoms with E-state index in [0.29, 0.717) is 19.8 Å². The Kier molecular flexibility index (Phi) is 7.46. The molecule has 0 aliphatic carbocycles. The van der Waals surface area contributed by atoms with E-state index in [1.807, 2.05) is 19.1 Å². The molecule has 28 heavy (non-hydrogen) atoms. The highest BCUT2D eigenvalue weighted by molar-refractivity contribution is 5.66. The largest absolute Gasteiger partial charge is 0.494 e. The summed E-state index contributed by atoms with van der Waals surface area (Å²) in [6.45, 7) is 4.65. The van der Waals surface area contributed by atoms with Gasteiger partial charge in [-0.15, -0.1) is 0 Å². The Hall–Kier alpha value is -2.37. The lowest BCUT2D eigenvalue weighted by Gasteiger charge is -2.35. The number of piperidine rings is 1. The summed E-state index contributed by atoms with van der Waals surface area (Å²) < 4.78 is 11.6. The first-order valence-electron chi connectivity index (χ1n) is 10.1. The van der Waals surface area contributed by atoms with Crippen LogP contribution in [-0.2, 0) is 16.1 Å². The predicted octanol–water partition coefficient (Wildman–Crippen LogP) is 4.56. The lowest BCUT2D eigenvalue weighted by atomic mass is 10.0. The average molecular weight is 383 g/mol. The number of ether oxygens (including phenoxy) is 2. The number of aliphatic carboxylic acids is 1. The molecule has 5 heteroatoms. The van der Waals surface area contributed by atoms with Crippen LogP contribution in [-0.4, -0.2) is 41.9 Å². The highest BCUT2D eigenvalue weighted by atomic mass is 16.5. The molecule has 1 heterocycles. The van der Waals surface area contributed by atoms with Crippen molar-refractivity contribution < 1.29 is 19.4 Å². The lowest BCUT2D eigenvalue weighted by molar-refractivity contribution is -0.139. The van der Waals surface area contributed by atoms with Gasteiger partial charge in [-0.2, -0.15) is 0 Å². The van der Waals surface area contributed by atoms with Crippen molar-refractivity contribution in [2.75, 3.05) is 19.7 Å². The number of benzene rings is 2. The number of likely N-dealkylation sites (tertiary alicyclic amines) is 1. The third-order valence-electron chi connectivity index (χ3n) is 5.06. The van der Waals surface area contributed by atoms with E-state index >= 15 is 0 Å². The van der Waals surface area contributed by atoms with Crippen molar-refractivity contribution in [3.05, 3.63) is 54.1 Å². The molecule has 0 radical (unpaired) electrons. The monoisotopic (exact) mass is 383 g/mol. The molecule has 0 bridgehead atoms. The molecular formula is C23H29NO4. The Bertz CT molecular complexity index is 742. The van der Waals surface area contributed by atoms with Crippen molar-refractivity contribution in [2.24, 2.45) is 0 Å². The van der Waals surface area contributed by atoms with Gasteiger partial charge < -0.3 is 14.6 Å². The summed E-state index contributed by atoms with van der Waals surface area (Å²) >= 11 is 0. The van der Waals surface area contributed by atoms with Gasteiger partial charge in [-0.1, -0.05) is 36.4 Å². The topological polar surface area (TPSA) is 59.0 Å². The molecule has 5 nitrogen and oxygen atoms in total. The molecule has 2 aromatic carbocycles. The molecule has 1 fully saturated rings. The maximum Gasteiger partial charge on any atom is 0.304 e. The predicted molar refractivity (Wildman–Crippen MR) is 109 cm³/mol. The van der Waals surface area contributed by atoms with Gasteiger partial charge >= 0.3 is 5.97 Å². The molecule has 1 atom stereocenters. The minimum Gasteiger partial charge on any atom is -0.494 e. The van der Waals surface area contributed by atoms with Gasteiger partial charge in [0.15, 0.2) is 0 Å². The van der Waals surface area contributed by atoms with Crippen LogP contribution < -0.4 is 4.74 Å². The number of rotatable bonds is 9. The van der Waals surface area contributed by atoms with Gasteiger partial charge in [0.25, 0.3) is 0 Å². The number of carbonyl (C=O) groups is 1. The van der Waals surface area contributed by atoms with Crippen LogP contribution in [0, 0.1) is 0 Å². The normalized spacial score (nSPS) is 17.4.